The first kappa shape index (κ1) is 19.3. The topological polar surface area (TPSA) is 105 Å². The molecule has 0 saturated carbocycles. The number of anilines is 1. The van der Waals surface area contributed by atoms with Gasteiger partial charge in [0.15, 0.2) is 0 Å². The zero-order chi connectivity index (χ0) is 19.4. The van der Waals surface area contributed by atoms with Crippen molar-refractivity contribution in [2.45, 2.75) is 13.0 Å². The van der Waals surface area contributed by atoms with Gasteiger partial charge in [-0.2, -0.15) is 0 Å². The van der Waals surface area contributed by atoms with E-state index >= 15 is 0 Å². The summed E-state index contributed by atoms with van der Waals surface area (Å²) in [6.07, 6.45) is -2.91. The van der Waals surface area contributed by atoms with E-state index in [9.17, 15) is 23.1 Å². The molecule has 5 N–H and O–H groups in total. The van der Waals surface area contributed by atoms with Crippen molar-refractivity contribution in [3.63, 3.8) is 0 Å². The number of nitrogens with zero attached hydrogens (tertiary/aromatic N) is 2. The summed E-state index contributed by atoms with van der Waals surface area (Å²) in [5.41, 5.74) is -0.714. The Kier molecular flexibility index (Phi) is 5.90. The van der Waals surface area contributed by atoms with Gasteiger partial charge in [0, 0.05) is 7.05 Å². The fourth-order valence-electron chi connectivity index (χ4n) is 2.18. The number of ether oxygens (including phenoxy) is 1. The SMILES string of the molecule is CN(N)C(=O)N(N)c1cccc(F)c1COc1ccc(O)cc1C(F)F. The van der Waals surface area contributed by atoms with E-state index in [1.165, 1.54) is 19.2 Å². The number of hydrogen-bond acceptors (Lipinski definition) is 5. The maximum absolute atomic E-state index is 14.2. The van der Waals surface area contributed by atoms with E-state index in [1.54, 1.807) is 0 Å². The lowest BCUT2D eigenvalue weighted by Gasteiger charge is -2.23. The van der Waals surface area contributed by atoms with Crippen molar-refractivity contribution in [3.8, 4) is 11.5 Å². The van der Waals surface area contributed by atoms with Gasteiger partial charge in [-0.3, -0.25) is 5.01 Å². The molecule has 0 aliphatic carbocycles. The molecule has 2 amide bonds. The average Bonchev–Trinajstić information content (AvgIpc) is 2.59. The zero-order valence-corrected chi connectivity index (χ0v) is 13.7. The molecule has 2 aromatic rings. The van der Waals surface area contributed by atoms with Gasteiger partial charge in [0.2, 0.25) is 0 Å². The quantitative estimate of drug-likeness (QED) is 0.426. The highest BCUT2D eigenvalue weighted by atomic mass is 19.3. The van der Waals surface area contributed by atoms with E-state index in [0.717, 1.165) is 24.3 Å². The van der Waals surface area contributed by atoms with Crippen LogP contribution in [0, 0.1) is 5.82 Å². The average molecular weight is 370 g/mol. The Morgan fingerprint density at radius 3 is 2.58 bits per heavy atom. The minimum Gasteiger partial charge on any atom is -0.508 e. The molecule has 0 unspecified atom stereocenters. The van der Waals surface area contributed by atoms with E-state index in [0.29, 0.717) is 10.0 Å². The molecule has 0 aliphatic heterocycles. The summed E-state index contributed by atoms with van der Waals surface area (Å²) < 4.78 is 45.6. The number of phenolic OH excluding ortho intramolecular Hbond substituents is 1. The number of hydrogen-bond donors (Lipinski definition) is 3. The van der Waals surface area contributed by atoms with Gasteiger partial charge >= 0.3 is 6.03 Å². The Balaban J connectivity index is 2.32. The fraction of sp³-hybridized carbons (Fsp3) is 0.188. The standard InChI is InChI=1S/C16H17F3N4O3/c1-22(20)16(25)23(21)13-4-2-3-12(17)11(13)8-26-14-6-5-9(24)7-10(14)15(18)19/h2-7,15,24H,8,20-21H2,1H3. The van der Waals surface area contributed by atoms with Crippen molar-refractivity contribution in [3.05, 3.63) is 53.3 Å². The summed E-state index contributed by atoms with van der Waals surface area (Å²) in [5, 5.41) is 10.6. The van der Waals surface area contributed by atoms with E-state index in [2.05, 4.69) is 0 Å². The summed E-state index contributed by atoms with van der Waals surface area (Å²) in [6, 6.07) is 6.11. The number of carbonyl (C=O) groups is 1. The van der Waals surface area contributed by atoms with E-state index in [1.807, 2.05) is 0 Å². The van der Waals surface area contributed by atoms with Crippen LogP contribution in [0.15, 0.2) is 36.4 Å². The lowest BCUT2D eigenvalue weighted by molar-refractivity contribution is 0.144. The van der Waals surface area contributed by atoms with Crippen LogP contribution in [0.3, 0.4) is 0 Å². The molecule has 0 heterocycles. The number of halogens is 3. The minimum atomic E-state index is -2.91. The van der Waals surface area contributed by atoms with Gasteiger partial charge in [-0.05, 0) is 30.3 Å². The highest BCUT2D eigenvalue weighted by molar-refractivity contribution is 5.91. The molecule has 10 heteroatoms. The smallest absolute Gasteiger partial charge is 0.352 e. The molecule has 7 nitrogen and oxygen atoms in total. The minimum absolute atomic E-state index is 0.0373. The van der Waals surface area contributed by atoms with Crippen LogP contribution in [0.2, 0.25) is 0 Å². The van der Waals surface area contributed by atoms with Crippen LogP contribution < -0.4 is 21.4 Å². The second kappa shape index (κ2) is 7.93. The van der Waals surface area contributed by atoms with Crippen molar-refractivity contribution in [1.29, 1.82) is 0 Å². The largest absolute Gasteiger partial charge is 0.508 e. The van der Waals surface area contributed by atoms with E-state index in [-0.39, 0.29) is 22.7 Å². The predicted octanol–water partition coefficient (Wildman–Crippen LogP) is 2.65. The van der Waals surface area contributed by atoms with Crippen molar-refractivity contribution >= 4 is 11.7 Å². The van der Waals surface area contributed by atoms with Crippen LogP contribution >= 0.6 is 0 Å². The van der Waals surface area contributed by atoms with Crippen LogP contribution in [0.4, 0.5) is 23.7 Å². The Bertz CT molecular complexity index is 802. The number of urea groups is 1. The van der Waals surface area contributed by atoms with Crippen LogP contribution in [-0.4, -0.2) is 23.2 Å². The molecule has 0 radical (unpaired) electrons. The first-order valence-corrected chi connectivity index (χ1v) is 7.30. The molecular formula is C16H17F3N4O3. The van der Waals surface area contributed by atoms with Gasteiger partial charge in [0.25, 0.3) is 6.43 Å². The van der Waals surface area contributed by atoms with E-state index < -0.39 is 30.4 Å². The fourth-order valence-corrected chi connectivity index (χ4v) is 2.18. The number of hydrazine groups is 2. The van der Waals surface area contributed by atoms with Gasteiger partial charge in [-0.25, -0.2) is 34.7 Å². The Morgan fingerprint density at radius 1 is 1.27 bits per heavy atom. The summed E-state index contributed by atoms with van der Waals surface area (Å²) in [6.45, 7) is -0.484. The van der Waals surface area contributed by atoms with Crippen LogP contribution in [0.1, 0.15) is 17.6 Å². The number of rotatable bonds is 5. The molecule has 2 rings (SSSR count). The van der Waals surface area contributed by atoms with Crippen LogP contribution in [-0.2, 0) is 6.61 Å². The van der Waals surface area contributed by atoms with Crippen molar-refractivity contribution in [2.24, 2.45) is 11.7 Å². The van der Waals surface area contributed by atoms with Gasteiger partial charge in [0.05, 0.1) is 16.8 Å². The number of aromatic hydroxyl groups is 1. The molecule has 0 aliphatic rings. The van der Waals surface area contributed by atoms with Gasteiger partial charge in [0.1, 0.15) is 23.9 Å². The molecule has 0 atom stereocenters. The summed E-state index contributed by atoms with van der Waals surface area (Å²) in [7, 11) is 1.25. The highest BCUT2D eigenvalue weighted by Crippen LogP contribution is 2.33. The third kappa shape index (κ3) is 4.16. The molecular weight excluding hydrogens is 353 g/mol. The molecule has 140 valence electrons. The maximum Gasteiger partial charge on any atom is 0.352 e. The van der Waals surface area contributed by atoms with Gasteiger partial charge in [-0.1, -0.05) is 6.07 Å². The Morgan fingerprint density at radius 2 is 1.96 bits per heavy atom. The normalized spacial score (nSPS) is 10.7. The third-order valence-corrected chi connectivity index (χ3v) is 3.46. The second-order valence-electron chi connectivity index (χ2n) is 5.31. The molecule has 0 saturated heterocycles. The molecule has 0 spiro atoms. The number of nitrogens with two attached hydrogens (primary N) is 2. The number of alkyl halides is 2. The lowest BCUT2D eigenvalue weighted by atomic mass is 10.1. The first-order valence-electron chi connectivity index (χ1n) is 7.30. The van der Waals surface area contributed by atoms with Gasteiger partial charge < -0.3 is 9.84 Å². The molecule has 0 bridgehead atoms. The molecule has 26 heavy (non-hydrogen) atoms. The number of phenols is 1. The molecule has 2 aromatic carbocycles. The molecule has 0 aromatic heterocycles. The molecule has 0 fully saturated rings. The number of carbonyl (C=O) groups excluding carboxylic acids is 1. The zero-order valence-electron chi connectivity index (χ0n) is 13.7. The third-order valence-electron chi connectivity index (χ3n) is 3.46. The monoisotopic (exact) mass is 370 g/mol. The number of amides is 2. The summed E-state index contributed by atoms with van der Waals surface area (Å²) in [5.74, 6) is 9.64. The highest BCUT2D eigenvalue weighted by Gasteiger charge is 2.21. The van der Waals surface area contributed by atoms with Gasteiger partial charge in [-0.15, -0.1) is 0 Å². The Labute approximate surface area is 147 Å². The summed E-state index contributed by atoms with van der Waals surface area (Å²) in [4.78, 5) is 11.9. The van der Waals surface area contributed by atoms with Crippen molar-refractivity contribution < 1.29 is 27.8 Å². The summed E-state index contributed by atoms with van der Waals surface area (Å²) >= 11 is 0. The number of benzene rings is 2. The van der Waals surface area contributed by atoms with Crippen molar-refractivity contribution in [1.82, 2.24) is 5.01 Å². The first-order chi connectivity index (χ1) is 12.2. The Hall–Kier alpha value is -2.98. The second-order valence-corrected chi connectivity index (χ2v) is 5.31. The predicted molar refractivity (Wildman–Crippen MR) is 87.8 cm³/mol. The van der Waals surface area contributed by atoms with Crippen LogP contribution in [0.5, 0.6) is 11.5 Å². The van der Waals surface area contributed by atoms with Crippen LogP contribution in [0.25, 0.3) is 0 Å². The maximum atomic E-state index is 14.2. The lowest BCUT2D eigenvalue weighted by Crippen LogP contribution is -2.49. The van der Waals surface area contributed by atoms with Crippen molar-refractivity contribution in [2.75, 3.05) is 12.1 Å². The van der Waals surface area contributed by atoms with E-state index in [4.69, 9.17) is 16.4 Å².